The van der Waals surface area contributed by atoms with Gasteiger partial charge in [0.1, 0.15) is 17.5 Å². The number of nitrogens with one attached hydrogen (secondary N) is 2. The largest absolute Gasteiger partial charge is 0.352 e. The fourth-order valence-corrected chi connectivity index (χ4v) is 3.78. The van der Waals surface area contributed by atoms with E-state index < -0.39 is 5.78 Å². The number of nitrogens with zero attached hydrogens (tertiary/aromatic N) is 3. The van der Waals surface area contributed by atoms with Crippen molar-refractivity contribution in [2.45, 2.75) is 26.7 Å². The van der Waals surface area contributed by atoms with Crippen molar-refractivity contribution in [3.63, 3.8) is 0 Å². The maximum Gasteiger partial charge on any atom is 0.251 e. The van der Waals surface area contributed by atoms with Gasteiger partial charge < -0.3 is 20.4 Å². The van der Waals surface area contributed by atoms with Crippen molar-refractivity contribution in [2.75, 3.05) is 35.8 Å². The zero-order valence-corrected chi connectivity index (χ0v) is 19.2. The number of amides is 2. The van der Waals surface area contributed by atoms with Crippen LogP contribution in [0.4, 0.5) is 17.1 Å². The fraction of sp³-hybridized carbons (Fsp3) is 0.280. The van der Waals surface area contributed by atoms with Crippen molar-refractivity contribution in [3.05, 3.63) is 65.0 Å². The molecule has 8 heteroatoms. The topological polar surface area (TPSA) is 106 Å². The Labute approximate surface area is 193 Å². The number of para-hydroxylation sites is 2. The average Bonchev–Trinajstić information content (AvgIpc) is 3.05. The van der Waals surface area contributed by atoms with Crippen molar-refractivity contribution >= 4 is 34.7 Å². The molecule has 3 rings (SSSR count). The van der Waals surface area contributed by atoms with E-state index in [0.717, 1.165) is 16.9 Å². The van der Waals surface area contributed by atoms with Gasteiger partial charge in [-0.1, -0.05) is 18.2 Å². The molecule has 33 heavy (non-hydrogen) atoms. The third-order valence-electron chi connectivity index (χ3n) is 5.54. The molecule has 8 nitrogen and oxygen atoms in total. The van der Waals surface area contributed by atoms with Crippen LogP contribution >= 0.6 is 0 Å². The first-order valence-corrected chi connectivity index (χ1v) is 10.7. The van der Waals surface area contributed by atoms with Gasteiger partial charge >= 0.3 is 0 Å². The van der Waals surface area contributed by atoms with Crippen molar-refractivity contribution in [3.8, 4) is 6.07 Å². The van der Waals surface area contributed by atoms with Crippen molar-refractivity contribution in [2.24, 2.45) is 0 Å². The SMILES string of the molecule is CCNC(=O)c1ccc(C)c(NC(=O)CCC(=O)C(C#N)=C2N(C)c3ccccc3N2C)c1. The molecule has 1 aliphatic heterocycles. The van der Waals surface area contributed by atoms with Gasteiger partial charge in [-0.25, -0.2) is 0 Å². The second kappa shape index (κ2) is 10.0. The molecule has 0 fully saturated rings. The summed E-state index contributed by atoms with van der Waals surface area (Å²) >= 11 is 0. The summed E-state index contributed by atoms with van der Waals surface area (Å²) in [5.74, 6) is -0.492. The molecule has 1 heterocycles. The van der Waals surface area contributed by atoms with Crippen LogP contribution < -0.4 is 20.4 Å². The number of hydrogen-bond donors (Lipinski definition) is 2. The predicted molar refractivity (Wildman–Crippen MR) is 128 cm³/mol. The van der Waals surface area contributed by atoms with E-state index in [1.165, 1.54) is 0 Å². The number of Topliss-reactive ketones (excluding diaryl/α,β-unsaturated/α-hetero) is 1. The second-order valence-corrected chi connectivity index (χ2v) is 7.78. The molecular weight excluding hydrogens is 418 g/mol. The molecule has 0 radical (unpaired) electrons. The first-order chi connectivity index (χ1) is 15.8. The number of aryl methyl sites for hydroxylation is 1. The highest BCUT2D eigenvalue weighted by Crippen LogP contribution is 2.40. The van der Waals surface area contributed by atoms with Crippen LogP contribution in [0.2, 0.25) is 0 Å². The number of carbonyl (C=O) groups is 3. The highest BCUT2D eigenvalue weighted by atomic mass is 16.2. The minimum Gasteiger partial charge on any atom is -0.352 e. The Bertz CT molecular complexity index is 1150. The normalized spacial score (nSPS) is 12.2. The molecule has 0 aromatic heterocycles. The third kappa shape index (κ3) is 4.88. The summed E-state index contributed by atoms with van der Waals surface area (Å²) in [5.41, 5.74) is 3.57. The Morgan fingerprint density at radius 1 is 1.00 bits per heavy atom. The van der Waals surface area contributed by atoms with Crippen LogP contribution in [0.25, 0.3) is 0 Å². The molecular formula is C25H27N5O3. The molecule has 2 amide bonds. The number of nitriles is 1. The zero-order valence-electron chi connectivity index (χ0n) is 19.2. The van der Waals surface area contributed by atoms with Gasteiger partial charge in [-0.3, -0.25) is 14.4 Å². The Morgan fingerprint density at radius 3 is 2.21 bits per heavy atom. The molecule has 2 aromatic rings. The first-order valence-electron chi connectivity index (χ1n) is 10.7. The number of anilines is 3. The maximum absolute atomic E-state index is 12.9. The van der Waals surface area contributed by atoms with Crippen LogP contribution in [0.15, 0.2) is 53.9 Å². The summed E-state index contributed by atoms with van der Waals surface area (Å²) in [5, 5.41) is 15.2. The number of allylic oxidation sites excluding steroid dienone is 1. The van der Waals surface area contributed by atoms with E-state index in [0.29, 0.717) is 23.6 Å². The molecule has 0 aliphatic carbocycles. The van der Waals surface area contributed by atoms with Crippen LogP contribution in [-0.4, -0.2) is 38.2 Å². The van der Waals surface area contributed by atoms with Crippen LogP contribution in [0, 0.1) is 18.3 Å². The van der Waals surface area contributed by atoms with E-state index >= 15 is 0 Å². The lowest BCUT2D eigenvalue weighted by Crippen LogP contribution is -2.26. The molecule has 0 spiro atoms. The number of rotatable bonds is 7. The Balaban J connectivity index is 1.70. The summed E-state index contributed by atoms with van der Waals surface area (Å²) in [7, 11) is 3.61. The molecule has 2 N–H and O–H groups in total. The fourth-order valence-electron chi connectivity index (χ4n) is 3.78. The van der Waals surface area contributed by atoms with Gasteiger partial charge in [0.25, 0.3) is 5.91 Å². The number of benzene rings is 2. The highest BCUT2D eigenvalue weighted by molar-refractivity contribution is 6.05. The van der Waals surface area contributed by atoms with Gasteiger partial charge in [-0.2, -0.15) is 5.26 Å². The summed E-state index contributed by atoms with van der Waals surface area (Å²) in [4.78, 5) is 41.1. The summed E-state index contributed by atoms with van der Waals surface area (Å²) in [6.07, 6.45) is -0.187. The molecule has 0 saturated heterocycles. The van der Waals surface area contributed by atoms with Gasteiger partial charge in [-0.15, -0.1) is 0 Å². The van der Waals surface area contributed by atoms with Gasteiger partial charge in [0.15, 0.2) is 5.78 Å². The summed E-state index contributed by atoms with van der Waals surface area (Å²) in [6.45, 7) is 4.16. The molecule has 0 atom stereocenters. The average molecular weight is 446 g/mol. The third-order valence-corrected chi connectivity index (χ3v) is 5.54. The Kier molecular flexibility index (Phi) is 7.13. The lowest BCUT2D eigenvalue weighted by molar-refractivity contribution is -0.120. The minimum absolute atomic E-state index is 0.0124. The molecule has 1 aliphatic rings. The standard InChI is InChI=1S/C25H27N5O3/c1-5-27-24(33)17-11-10-16(2)19(14-17)28-23(32)13-12-22(31)18(15-26)25-29(3)20-8-6-7-9-21(20)30(25)4/h6-11,14H,5,12-13H2,1-4H3,(H,27,33)(H,28,32). The monoisotopic (exact) mass is 445 g/mol. The molecule has 0 bridgehead atoms. The van der Waals surface area contributed by atoms with Crippen LogP contribution in [0.5, 0.6) is 0 Å². The second-order valence-electron chi connectivity index (χ2n) is 7.78. The smallest absolute Gasteiger partial charge is 0.251 e. The Morgan fingerprint density at radius 2 is 1.64 bits per heavy atom. The quantitative estimate of drug-likeness (QED) is 0.500. The minimum atomic E-state index is -0.401. The predicted octanol–water partition coefficient (Wildman–Crippen LogP) is 3.35. The van der Waals surface area contributed by atoms with Crippen LogP contribution in [0.3, 0.4) is 0 Å². The van der Waals surface area contributed by atoms with Crippen LogP contribution in [0.1, 0.15) is 35.7 Å². The van der Waals surface area contributed by atoms with Crippen molar-refractivity contribution < 1.29 is 14.4 Å². The Hall–Kier alpha value is -4.12. The van der Waals surface area contributed by atoms with Gasteiger partial charge in [0, 0.05) is 44.7 Å². The van der Waals surface area contributed by atoms with E-state index in [2.05, 4.69) is 10.6 Å². The lowest BCUT2D eigenvalue weighted by atomic mass is 10.1. The van der Waals surface area contributed by atoms with Crippen molar-refractivity contribution in [1.82, 2.24) is 5.32 Å². The van der Waals surface area contributed by atoms with Gasteiger partial charge in [-0.05, 0) is 43.7 Å². The molecule has 0 saturated carbocycles. The lowest BCUT2D eigenvalue weighted by Gasteiger charge is -2.19. The molecule has 0 unspecified atom stereocenters. The van der Waals surface area contributed by atoms with E-state index in [-0.39, 0.29) is 30.2 Å². The van der Waals surface area contributed by atoms with E-state index in [9.17, 15) is 19.6 Å². The highest BCUT2D eigenvalue weighted by Gasteiger charge is 2.31. The van der Waals surface area contributed by atoms with Gasteiger partial charge in [0.05, 0.1) is 11.4 Å². The van der Waals surface area contributed by atoms with Crippen molar-refractivity contribution in [1.29, 1.82) is 5.26 Å². The summed E-state index contributed by atoms with van der Waals surface area (Å²) in [6, 6.07) is 14.7. The zero-order chi connectivity index (χ0) is 24.1. The van der Waals surface area contributed by atoms with Crippen LogP contribution in [-0.2, 0) is 9.59 Å². The first kappa shape index (κ1) is 23.5. The number of fused-ring (bicyclic) bond motifs is 1. The van der Waals surface area contributed by atoms with E-state index in [1.807, 2.05) is 54.0 Å². The number of hydrogen-bond acceptors (Lipinski definition) is 6. The number of carbonyl (C=O) groups excluding carboxylic acids is 3. The van der Waals surface area contributed by atoms with E-state index in [1.54, 1.807) is 32.3 Å². The summed E-state index contributed by atoms with van der Waals surface area (Å²) < 4.78 is 0. The maximum atomic E-state index is 12.9. The van der Waals surface area contributed by atoms with E-state index in [4.69, 9.17) is 0 Å². The number of ketones is 1. The van der Waals surface area contributed by atoms with Gasteiger partial charge in [0.2, 0.25) is 5.91 Å². The molecule has 2 aromatic carbocycles. The molecule has 170 valence electrons.